The molecule has 4 heterocycles. The first-order chi connectivity index (χ1) is 25.8. The van der Waals surface area contributed by atoms with Crippen LogP contribution in [0.2, 0.25) is 0 Å². The largest absolute Gasteiger partial charge is 0.490 e. The van der Waals surface area contributed by atoms with E-state index >= 15 is 0 Å². The summed E-state index contributed by atoms with van der Waals surface area (Å²) in [4.78, 5) is 36.8. The highest BCUT2D eigenvalue weighted by Gasteiger charge is 2.62. The number of nitrogens with one attached hydrogen (secondary N) is 1. The van der Waals surface area contributed by atoms with Crippen molar-refractivity contribution in [1.29, 1.82) is 0 Å². The number of amides is 1. The number of aliphatic carboxylic acids is 1. The molecular weight excluding hydrogens is 713 g/mol. The van der Waals surface area contributed by atoms with Gasteiger partial charge in [0.05, 0.1) is 30.3 Å². The van der Waals surface area contributed by atoms with Gasteiger partial charge in [-0.25, -0.2) is 23.5 Å². The van der Waals surface area contributed by atoms with Crippen molar-refractivity contribution in [3.8, 4) is 17.1 Å². The number of carboxylic acids is 1. The Morgan fingerprint density at radius 2 is 1.59 bits per heavy atom. The van der Waals surface area contributed by atoms with Crippen molar-refractivity contribution in [3.05, 3.63) is 41.9 Å². The zero-order valence-electron chi connectivity index (χ0n) is 29.8. The van der Waals surface area contributed by atoms with Crippen molar-refractivity contribution in [3.63, 3.8) is 0 Å². The second-order valence-electron chi connectivity index (χ2n) is 16.7. The predicted molar refractivity (Wildman–Crippen MR) is 185 cm³/mol. The van der Waals surface area contributed by atoms with E-state index in [4.69, 9.17) is 9.47 Å². The molecule has 2 N–H and O–H groups in total. The van der Waals surface area contributed by atoms with Gasteiger partial charge in [-0.2, -0.15) is 13.2 Å². The number of carbonyl (C=O) groups is 2. The molecule has 5 saturated carbocycles. The Hall–Kier alpha value is -3.85. The maximum Gasteiger partial charge on any atom is 0.434 e. The molecule has 0 radical (unpaired) electrons. The van der Waals surface area contributed by atoms with Crippen LogP contribution in [0.3, 0.4) is 0 Å². The number of benzene rings is 1. The lowest BCUT2D eigenvalue weighted by atomic mass is 9.48. The van der Waals surface area contributed by atoms with Crippen molar-refractivity contribution in [2.45, 2.75) is 106 Å². The average molecular weight is 758 g/mol. The summed E-state index contributed by atoms with van der Waals surface area (Å²) in [7, 11) is 0. The summed E-state index contributed by atoms with van der Waals surface area (Å²) in [6, 6.07) is 5.54. The van der Waals surface area contributed by atoms with Gasteiger partial charge in [0.15, 0.2) is 11.5 Å². The number of carboxylic acid groups (broad SMARTS) is 1. The molecule has 7 aliphatic rings. The van der Waals surface area contributed by atoms with Crippen LogP contribution in [0.1, 0.15) is 92.7 Å². The predicted octanol–water partition coefficient (Wildman–Crippen LogP) is 7.12. The van der Waals surface area contributed by atoms with Crippen LogP contribution in [-0.4, -0.2) is 86.3 Å². The Labute approximate surface area is 308 Å². The highest BCUT2D eigenvalue weighted by atomic mass is 19.4. The highest BCUT2D eigenvalue weighted by Crippen LogP contribution is 2.58. The smallest absolute Gasteiger partial charge is 0.434 e. The van der Waals surface area contributed by atoms with E-state index in [1.165, 1.54) is 0 Å². The quantitative estimate of drug-likeness (QED) is 0.234. The molecular formula is C39H44F5N5O5. The van der Waals surface area contributed by atoms with E-state index in [1.54, 1.807) is 18.3 Å². The zero-order chi connectivity index (χ0) is 37.6. The van der Waals surface area contributed by atoms with E-state index in [2.05, 4.69) is 15.3 Å². The van der Waals surface area contributed by atoms with Crippen molar-refractivity contribution >= 4 is 22.8 Å². The molecule has 3 aromatic rings. The van der Waals surface area contributed by atoms with E-state index < -0.39 is 40.8 Å². The molecule has 7 fully saturated rings. The third-order valence-electron chi connectivity index (χ3n) is 13.4. The molecule has 5 aliphatic carbocycles. The maximum absolute atomic E-state index is 14.8. The maximum atomic E-state index is 14.8. The van der Waals surface area contributed by atoms with Crippen LogP contribution in [0.5, 0.6) is 5.75 Å². The second-order valence-corrected chi connectivity index (χ2v) is 16.7. The molecule has 2 aliphatic heterocycles. The topological polar surface area (TPSA) is 119 Å². The van der Waals surface area contributed by atoms with Crippen molar-refractivity contribution < 1.29 is 46.1 Å². The Morgan fingerprint density at radius 1 is 0.926 bits per heavy atom. The molecule has 0 spiro atoms. The minimum atomic E-state index is -5.03. The third kappa shape index (κ3) is 6.22. The number of aromatic nitrogens is 3. The molecule has 0 atom stereocenters. The molecule has 4 bridgehead atoms. The van der Waals surface area contributed by atoms with Gasteiger partial charge in [-0.1, -0.05) is 0 Å². The number of fused-ring (bicyclic) bond motifs is 1. The lowest BCUT2D eigenvalue weighted by Gasteiger charge is -2.59. The van der Waals surface area contributed by atoms with Gasteiger partial charge in [0, 0.05) is 54.7 Å². The summed E-state index contributed by atoms with van der Waals surface area (Å²) in [6.45, 7) is 0.674. The summed E-state index contributed by atoms with van der Waals surface area (Å²) in [5.74, 6) is -4.47. The first kappa shape index (κ1) is 35.8. The Morgan fingerprint density at radius 3 is 2.20 bits per heavy atom. The van der Waals surface area contributed by atoms with Gasteiger partial charge in [0.25, 0.3) is 11.8 Å². The first-order valence-corrected chi connectivity index (χ1v) is 19.3. The Bertz CT molecular complexity index is 1920. The molecule has 54 heavy (non-hydrogen) atoms. The van der Waals surface area contributed by atoms with Crippen molar-refractivity contribution in [2.75, 3.05) is 26.3 Å². The van der Waals surface area contributed by atoms with Crippen molar-refractivity contribution in [1.82, 2.24) is 24.8 Å². The average Bonchev–Trinajstić information content (AvgIpc) is 3.50. The molecule has 15 heteroatoms. The van der Waals surface area contributed by atoms with Crippen LogP contribution < -0.4 is 10.1 Å². The zero-order valence-corrected chi connectivity index (χ0v) is 29.8. The minimum Gasteiger partial charge on any atom is -0.490 e. The number of ether oxygens (including phenoxy) is 2. The number of hydrogen-bond donors (Lipinski definition) is 2. The Kier molecular flexibility index (Phi) is 8.71. The van der Waals surface area contributed by atoms with Gasteiger partial charge < -0.3 is 24.5 Å². The monoisotopic (exact) mass is 757 g/mol. The van der Waals surface area contributed by atoms with Gasteiger partial charge in [0.2, 0.25) is 0 Å². The van der Waals surface area contributed by atoms with Crippen molar-refractivity contribution in [2.24, 2.45) is 23.7 Å². The minimum absolute atomic E-state index is 0.00401. The SMILES string of the molecule is O=C(NC1(C(=O)O)C2CC3CC(C2)CC1C3)c1cnc(-c2cn(C3CCOCC3)c3cc(O[C@H]4CC[C@H](N5CC(F)(F)C5)CC4)ccc23)nc1C(F)(F)F. The summed E-state index contributed by atoms with van der Waals surface area (Å²) in [5.41, 5.74) is -2.76. The van der Waals surface area contributed by atoms with E-state index in [1.807, 2.05) is 15.5 Å². The van der Waals surface area contributed by atoms with E-state index in [-0.39, 0.29) is 48.9 Å². The lowest BCUT2D eigenvalue weighted by molar-refractivity contribution is -0.163. The molecule has 1 aromatic carbocycles. The standard InChI is InChI=1S/C39H44F5N5O5/c40-37(41)19-48(20-37)25-1-3-27(4-2-25)54-28-5-6-29-31(18-49(32(29)16-28)26-7-9-53-10-8-26)34-45-17-30(33(46-34)39(42,43)44)35(50)47-38(36(51)52)23-12-21-11-22(14-23)15-24(38)13-21/h5-6,16-18,21-27H,1-4,7-15,19-20H2,(H,47,50)(H,51,52)/t21?,22?,23?,24?,25-,27-,38?. The molecule has 10 rings (SSSR count). The van der Waals surface area contributed by atoms with E-state index in [0.29, 0.717) is 80.3 Å². The lowest BCUT2D eigenvalue weighted by Crippen LogP contribution is -2.70. The fraction of sp³-hybridized carbons (Fsp3) is 0.641. The van der Waals surface area contributed by atoms with E-state index in [9.17, 15) is 36.6 Å². The van der Waals surface area contributed by atoms with Gasteiger partial charge in [-0.05, 0) is 106 Å². The van der Waals surface area contributed by atoms with Crippen LogP contribution in [0.25, 0.3) is 22.3 Å². The number of rotatable bonds is 8. The summed E-state index contributed by atoms with van der Waals surface area (Å²) >= 11 is 0. The Balaban J connectivity index is 1.01. The summed E-state index contributed by atoms with van der Waals surface area (Å²) in [6.07, 6.45) is 5.43. The van der Waals surface area contributed by atoms with Gasteiger partial charge in [-0.15, -0.1) is 0 Å². The summed E-state index contributed by atoms with van der Waals surface area (Å²) < 4.78 is 85.2. The fourth-order valence-electron chi connectivity index (χ4n) is 11.0. The molecule has 1 amide bonds. The second kappa shape index (κ2) is 13.1. The molecule has 0 unspecified atom stereocenters. The molecule has 10 nitrogen and oxygen atoms in total. The number of halogens is 5. The van der Waals surface area contributed by atoms with Crippen LogP contribution in [0.4, 0.5) is 22.0 Å². The molecule has 2 saturated heterocycles. The summed E-state index contributed by atoms with van der Waals surface area (Å²) in [5, 5.41) is 13.7. The van der Waals surface area contributed by atoms with Crippen LogP contribution in [-0.2, 0) is 15.7 Å². The van der Waals surface area contributed by atoms with Crippen LogP contribution in [0, 0.1) is 23.7 Å². The number of likely N-dealkylation sites (tertiary alicyclic amines) is 1. The van der Waals surface area contributed by atoms with Gasteiger partial charge in [-0.3, -0.25) is 9.69 Å². The van der Waals surface area contributed by atoms with Crippen LogP contribution in [0.15, 0.2) is 30.6 Å². The highest BCUT2D eigenvalue weighted by molar-refractivity contribution is 6.00. The van der Waals surface area contributed by atoms with Gasteiger partial charge >= 0.3 is 12.1 Å². The normalized spacial score (nSPS) is 32.4. The molecule has 2 aromatic heterocycles. The van der Waals surface area contributed by atoms with Crippen LogP contribution >= 0.6 is 0 Å². The van der Waals surface area contributed by atoms with Gasteiger partial charge in [0.1, 0.15) is 11.3 Å². The number of hydrogen-bond acceptors (Lipinski definition) is 7. The number of nitrogens with zero attached hydrogens (tertiary/aromatic N) is 4. The first-order valence-electron chi connectivity index (χ1n) is 19.3. The van der Waals surface area contributed by atoms with E-state index in [0.717, 1.165) is 43.8 Å². The fourth-order valence-corrected chi connectivity index (χ4v) is 11.0. The third-order valence-corrected chi connectivity index (χ3v) is 13.4. The number of alkyl halides is 5. The molecule has 290 valence electrons. The number of carbonyl (C=O) groups excluding carboxylic acids is 1.